The molecule has 0 spiro atoms. The van der Waals surface area contributed by atoms with Crippen LogP contribution in [0.15, 0.2) is 54.6 Å². The quantitative estimate of drug-likeness (QED) is 0.944. The van der Waals surface area contributed by atoms with Crippen LogP contribution < -0.4 is 0 Å². The molecule has 1 aliphatic heterocycles. The number of carbonyl (C=O) groups is 1. The highest BCUT2D eigenvalue weighted by molar-refractivity contribution is 5.82. The van der Waals surface area contributed by atoms with Crippen molar-refractivity contribution >= 4 is 5.91 Å². The van der Waals surface area contributed by atoms with Gasteiger partial charge < -0.3 is 10.0 Å². The highest BCUT2D eigenvalue weighted by atomic mass is 16.3. The molecule has 114 valence electrons. The summed E-state index contributed by atoms with van der Waals surface area (Å²) in [6, 6.07) is 17.2. The number of hydrogen-bond acceptors (Lipinski definition) is 2. The summed E-state index contributed by atoms with van der Waals surface area (Å²) in [5.74, 6) is 0.0775. The first kappa shape index (κ1) is 14.8. The highest BCUT2D eigenvalue weighted by Crippen LogP contribution is 2.40. The molecule has 1 N–H and O–H groups in total. The summed E-state index contributed by atoms with van der Waals surface area (Å²) >= 11 is 0. The summed E-state index contributed by atoms with van der Waals surface area (Å²) in [7, 11) is 0. The van der Waals surface area contributed by atoms with Gasteiger partial charge in [0, 0.05) is 6.04 Å². The normalized spacial score (nSPS) is 19.2. The molecular weight excluding hydrogens is 274 g/mol. The molecule has 2 aromatic rings. The van der Waals surface area contributed by atoms with Crippen LogP contribution in [0.4, 0.5) is 0 Å². The maximum Gasteiger partial charge on any atom is 0.227 e. The van der Waals surface area contributed by atoms with Crippen molar-refractivity contribution in [2.75, 3.05) is 0 Å². The van der Waals surface area contributed by atoms with Crippen LogP contribution in [0.25, 0.3) is 0 Å². The van der Waals surface area contributed by atoms with Crippen molar-refractivity contribution in [3.05, 3.63) is 71.3 Å². The van der Waals surface area contributed by atoms with Gasteiger partial charge in [-0.2, -0.15) is 0 Å². The summed E-state index contributed by atoms with van der Waals surface area (Å²) in [6.45, 7) is 3.99. The molecular formula is C19H21NO2. The van der Waals surface area contributed by atoms with Gasteiger partial charge in [-0.15, -0.1) is 0 Å². The van der Waals surface area contributed by atoms with Crippen LogP contribution in [-0.2, 0) is 11.2 Å². The lowest BCUT2D eigenvalue weighted by Crippen LogP contribution is -2.46. The molecule has 1 amide bonds. The van der Waals surface area contributed by atoms with Crippen molar-refractivity contribution < 1.29 is 9.90 Å². The van der Waals surface area contributed by atoms with Gasteiger partial charge >= 0.3 is 0 Å². The number of rotatable bonds is 3. The van der Waals surface area contributed by atoms with Gasteiger partial charge in [-0.25, -0.2) is 0 Å². The van der Waals surface area contributed by atoms with E-state index in [1.165, 1.54) is 0 Å². The molecule has 1 aliphatic rings. The molecule has 0 radical (unpaired) electrons. The van der Waals surface area contributed by atoms with Crippen LogP contribution in [0.5, 0.6) is 0 Å². The van der Waals surface area contributed by atoms with Crippen LogP contribution in [0.3, 0.4) is 0 Å². The van der Waals surface area contributed by atoms with Crippen molar-refractivity contribution in [3.63, 3.8) is 0 Å². The fraction of sp³-hybridized carbons (Fsp3) is 0.316. The molecule has 0 saturated heterocycles. The Morgan fingerprint density at radius 1 is 1.05 bits per heavy atom. The van der Waals surface area contributed by atoms with Crippen LogP contribution in [-0.4, -0.2) is 22.0 Å². The standard InChI is InChI=1S/C19H21NO2/c1-13(2)20-17(21)12-15-10-6-7-11-16(15)18(20)19(22)14-8-4-3-5-9-14/h3-11,13,18-19,22H,12H2,1-2H3. The van der Waals surface area contributed by atoms with E-state index in [4.69, 9.17) is 0 Å². The maximum absolute atomic E-state index is 12.6. The number of fused-ring (bicyclic) bond motifs is 1. The van der Waals surface area contributed by atoms with E-state index in [9.17, 15) is 9.90 Å². The Morgan fingerprint density at radius 2 is 1.68 bits per heavy atom. The average molecular weight is 295 g/mol. The van der Waals surface area contributed by atoms with Gasteiger partial charge in [-0.3, -0.25) is 4.79 Å². The third kappa shape index (κ3) is 2.53. The smallest absolute Gasteiger partial charge is 0.227 e. The summed E-state index contributed by atoms with van der Waals surface area (Å²) in [5, 5.41) is 10.9. The van der Waals surface area contributed by atoms with Gasteiger partial charge in [-0.05, 0) is 30.5 Å². The molecule has 3 rings (SSSR count). The minimum atomic E-state index is -0.728. The second-order valence-corrected chi connectivity index (χ2v) is 6.07. The molecule has 1 heterocycles. The van der Waals surface area contributed by atoms with Gasteiger partial charge in [0.25, 0.3) is 0 Å². The lowest BCUT2D eigenvalue weighted by atomic mass is 9.86. The number of nitrogens with zero attached hydrogens (tertiary/aromatic N) is 1. The summed E-state index contributed by atoms with van der Waals surface area (Å²) < 4.78 is 0. The second kappa shape index (κ2) is 5.93. The summed E-state index contributed by atoms with van der Waals surface area (Å²) in [6.07, 6.45) is -0.319. The number of aliphatic hydroxyl groups is 1. The van der Waals surface area contributed by atoms with Crippen molar-refractivity contribution in [1.82, 2.24) is 4.90 Å². The monoisotopic (exact) mass is 295 g/mol. The Morgan fingerprint density at radius 3 is 2.36 bits per heavy atom. The van der Waals surface area contributed by atoms with E-state index in [0.717, 1.165) is 16.7 Å². The zero-order chi connectivity index (χ0) is 15.7. The number of hydrogen-bond donors (Lipinski definition) is 1. The van der Waals surface area contributed by atoms with E-state index in [1.54, 1.807) is 0 Å². The third-order valence-electron chi connectivity index (χ3n) is 4.30. The molecule has 2 atom stereocenters. The molecule has 0 fully saturated rings. The number of aliphatic hydroxyl groups excluding tert-OH is 1. The van der Waals surface area contributed by atoms with Crippen molar-refractivity contribution in [3.8, 4) is 0 Å². The van der Waals surface area contributed by atoms with E-state index in [1.807, 2.05) is 73.3 Å². The Kier molecular flexibility index (Phi) is 3.99. The first-order valence-electron chi connectivity index (χ1n) is 7.71. The maximum atomic E-state index is 12.6. The van der Waals surface area contributed by atoms with Gasteiger partial charge in [0.05, 0.1) is 12.5 Å². The van der Waals surface area contributed by atoms with E-state index in [-0.39, 0.29) is 18.0 Å². The van der Waals surface area contributed by atoms with E-state index in [2.05, 4.69) is 0 Å². The van der Waals surface area contributed by atoms with Crippen LogP contribution in [0.2, 0.25) is 0 Å². The largest absolute Gasteiger partial charge is 0.386 e. The lowest BCUT2D eigenvalue weighted by molar-refractivity contribution is -0.139. The van der Waals surface area contributed by atoms with Crippen molar-refractivity contribution in [2.24, 2.45) is 0 Å². The molecule has 0 aliphatic carbocycles. The zero-order valence-corrected chi connectivity index (χ0v) is 12.9. The van der Waals surface area contributed by atoms with Crippen LogP contribution in [0, 0.1) is 0 Å². The summed E-state index contributed by atoms with van der Waals surface area (Å²) in [4.78, 5) is 14.4. The number of carbonyl (C=O) groups excluding carboxylic acids is 1. The molecule has 2 aromatic carbocycles. The first-order chi connectivity index (χ1) is 10.6. The summed E-state index contributed by atoms with van der Waals surface area (Å²) in [5.41, 5.74) is 2.90. The Labute approximate surface area is 131 Å². The van der Waals surface area contributed by atoms with Gasteiger partial charge in [0.2, 0.25) is 5.91 Å². The highest BCUT2D eigenvalue weighted by Gasteiger charge is 2.38. The minimum Gasteiger partial charge on any atom is -0.386 e. The minimum absolute atomic E-state index is 0.0456. The van der Waals surface area contributed by atoms with E-state index < -0.39 is 6.10 Å². The van der Waals surface area contributed by atoms with Crippen molar-refractivity contribution in [1.29, 1.82) is 0 Å². The Hall–Kier alpha value is -2.13. The van der Waals surface area contributed by atoms with E-state index >= 15 is 0 Å². The van der Waals surface area contributed by atoms with Gasteiger partial charge in [0.15, 0.2) is 0 Å². The SMILES string of the molecule is CC(C)N1C(=O)Cc2ccccc2C1C(O)c1ccccc1. The average Bonchev–Trinajstić information content (AvgIpc) is 2.53. The predicted octanol–water partition coefficient (Wildman–Crippen LogP) is 3.25. The lowest BCUT2D eigenvalue weighted by Gasteiger charge is -2.42. The van der Waals surface area contributed by atoms with Crippen LogP contribution >= 0.6 is 0 Å². The van der Waals surface area contributed by atoms with Gasteiger partial charge in [-0.1, -0.05) is 54.6 Å². The first-order valence-corrected chi connectivity index (χ1v) is 7.71. The Balaban J connectivity index is 2.09. The molecule has 0 bridgehead atoms. The number of amides is 1. The Bertz CT molecular complexity index is 666. The topological polar surface area (TPSA) is 40.5 Å². The zero-order valence-electron chi connectivity index (χ0n) is 12.9. The molecule has 3 heteroatoms. The van der Waals surface area contributed by atoms with E-state index in [0.29, 0.717) is 6.42 Å². The molecule has 0 saturated carbocycles. The fourth-order valence-electron chi connectivity index (χ4n) is 3.31. The second-order valence-electron chi connectivity index (χ2n) is 6.07. The molecule has 2 unspecified atom stereocenters. The molecule has 3 nitrogen and oxygen atoms in total. The third-order valence-corrected chi connectivity index (χ3v) is 4.30. The van der Waals surface area contributed by atoms with Gasteiger partial charge in [0.1, 0.15) is 6.10 Å². The van der Waals surface area contributed by atoms with Crippen LogP contribution in [0.1, 0.15) is 42.7 Å². The number of benzene rings is 2. The molecule has 0 aromatic heterocycles. The van der Waals surface area contributed by atoms with Crippen molar-refractivity contribution in [2.45, 2.75) is 38.5 Å². The predicted molar refractivity (Wildman–Crippen MR) is 86.3 cm³/mol. The molecule has 22 heavy (non-hydrogen) atoms. The fourth-order valence-corrected chi connectivity index (χ4v) is 3.31.